The minimum atomic E-state index is -0.539. The number of aryl methyl sites for hydroxylation is 1. The van der Waals surface area contributed by atoms with Gasteiger partial charge in [0.25, 0.3) is 0 Å². The quantitative estimate of drug-likeness (QED) is 0.255. The molecule has 0 bridgehead atoms. The Morgan fingerprint density at radius 2 is 1.90 bits per heavy atom. The van der Waals surface area contributed by atoms with Crippen molar-refractivity contribution in [3.05, 3.63) is 65.4 Å². The SMILES string of the molecule is Cc1ccc2c(N)c(Cl)ccc2c1Oc1ncccc1-c1ccnc(N[C@H]2CCCN(C(=O)OC(C)(C)C)C2)n1. The number of likely N-dealkylation sites (tertiary alicyclic amines) is 1. The Labute approximate surface area is 238 Å². The summed E-state index contributed by atoms with van der Waals surface area (Å²) in [6, 6.07) is 13.1. The molecule has 10 heteroatoms. The molecule has 1 aliphatic heterocycles. The number of piperidine rings is 1. The summed E-state index contributed by atoms with van der Waals surface area (Å²) in [7, 11) is 0. The van der Waals surface area contributed by atoms with E-state index in [1.165, 1.54) is 0 Å². The van der Waals surface area contributed by atoms with E-state index in [1.54, 1.807) is 23.4 Å². The first-order chi connectivity index (χ1) is 19.1. The number of nitrogens with two attached hydrogens (primary N) is 1. The van der Waals surface area contributed by atoms with E-state index in [9.17, 15) is 4.79 Å². The number of carbonyl (C=O) groups excluding carboxylic acids is 1. The number of benzene rings is 2. The van der Waals surface area contributed by atoms with Crippen LogP contribution in [-0.2, 0) is 4.74 Å². The average molecular weight is 561 g/mol. The van der Waals surface area contributed by atoms with Crippen LogP contribution in [0.25, 0.3) is 22.0 Å². The summed E-state index contributed by atoms with van der Waals surface area (Å²) >= 11 is 6.25. The second-order valence-corrected chi connectivity index (χ2v) is 11.3. The molecule has 1 amide bonds. The normalized spacial score (nSPS) is 15.6. The maximum Gasteiger partial charge on any atom is 0.410 e. The van der Waals surface area contributed by atoms with Crippen LogP contribution in [0.15, 0.2) is 54.9 Å². The molecule has 2 aromatic carbocycles. The fraction of sp³-hybridized carbons (Fsp3) is 0.333. The Morgan fingerprint density at radius 3 is 2.70 bits per heavy atom. The van der Waals surface area contributed by atoms with Crippen molar-refractivity contribution < 1.29 is 14.3 Å². The van der Waals surface area contributed by atoms with Gasteiger partial charge in [-0.25, -0.2) is 19.7 Å². The number of fused-ring (bicyclic) bond motifs is 1. The van der Waals surface area contributed by atoms with Crippen LogP contribution in [0.1, 0.15) is 39.2 Å². The van der Waals surface area contributed by atoms with Gasteiger partial charge in [0.1, 0.15) is 11.4 Å². The van der Waals surface area contributed by atoms with Gasteiger partial charge in [-0.15, -0.1) is 0 Å². The number of aromatic nitrogens is 3. The summed E-state index contributed by atoms with van der Waals surface area (Å²) in [6.45, 7) is 8.75. The molecule has 0 radical (unpaired) electrons. The predicted molar refractivity (Wildman–Crippen MR) is 158 cm³/mol. The number of rotatable bonds is 5. The van der Waals surface area contributed by atoms with E-state index in [0.717, 1.165) is 29.2 Å². The lowest BCUT2D eigenvalue weighted by atomic mass is 10.0. The number of nitrogen functional groups attached to an aromatic ring is 1. The molecule has 0 unspecified atom stereocenters. The number of halogens is 1. The second kappa shape index (κ2) is 11.2. The van der Waals surface area contributed by atoms with E-state index in [-0.39, 0.29) is 12.1 Å². The highest BCUT2D eigenvalue weighted by Crippen LogP contribution is 2.39. The summed E-state index contributed by atoms with van der Waals surface area (Å²) in [5.41, 5.74) is 8.51. The van der Waals surface area contributed by atoms with Gasteiger partial charge in [0, 0.05) is 42.3 Å². The van der Waals surface area contributed by atoms with Crippen molar-refractivity contribution in [2.24, 2.45) is 0 Å². The van der Waals surface area contributed by atoms with E-state index < -0.39 is 5.60 Å². The van der Waals surface area contributed by atoms with Gasteiger partial charge in [-0.05, 0) is 76.4 Å². The largest absolute Gasteiger partial charge is 0.444 e. The van der Waals surface area contributed by atoms with Crippen LogP contribution in [0.2, 0.25) is 5.02 Å². The fourth-order valence-electron chi connectivity index (χ4n) is 4.73. The number of hydrogen-bond donors (Lipinski definition) is 2. The number of nitrogens with one attached hydrogen (secondary N) is 1. The molecule has 1 saturated heterocycles. The molecule has 40 heavy (non-hydrogen) atoms. The van der Waals surface area contributed by atoms with Gasteiger partial charge in [-0.3, -0.25) is 0 Å². The van der Waals surface area contributed by atoms with Crippen molar-refractivity contribution >= 4 is 40.1 Å². The number of anilines is 2. The van der Waals surface area contributed by atoms with Crippen LogP contribution in [0.3, 0.4) is 0 Å². The highest BCUT2D eigenvalue weighted by molar-refractivity contribution is 6.34. The van der Waals surface area contributed by atoms with Crippen molar-refractivity contribution in [2.45, 2.75) is 52.2 Å². The van der Waals surface area contributed by atoms with Crippen LogP contribution in [0.5, 0.6) is 11.6 Å². The summed E-state index contributed by atoms with van der Waals surface area (Å²) in [5, 5.41) is 5.54. The monoisotopic (exact) mass is 560 g/mol. The van der Waals surface area contributed by atoms with Gasteiger partial charge in [0.05, 0.1) is 22.0 Å². The standard InChI is InChI=1S/C30H33ClN6O3/c1-18-9-10-20-21(11-12-23(31)25(20)32)26(18)39-27-22(8-5-14-33-27)24-13-15-34-28(36-24)35-19-7-6-16-37(17-19)29(38)40-30(2,3)4/h5,8-15,19H,6-7,16-17,32H2,1-4H3,(H,34,35,36)/t19-/m0/s1. The zero-order valence-corrected chi connectivity index (χ0v) is 23.8. The Kier molecular flexibility index (Phi) is 7.67. The van der Waals surface area contributed by atoms with Crippen molar-refractivity contribution in [3.8, 4) is 22.9 Å². The number of ether oxygens (including phenoxy) is 2. The predicted octanol–water partition coefficient (Wildman–Crippen LogP) is 6.84. The van der Waals surface area contributed by atoms with E-state index in [1.807, 2.05) is 64.1 Å². The Balaban J connectivity index is 1.39. The molecular weight excluding hydrogens is 528 g/mol. The van der Waals surface area contributed by atoms with Crippen LogP contribution in [0.4, 0.5) is 16.4 Å². The number of carbonyl (C=O) groups is 1. The van der Waals surface area contributed by atoms with E-state index >= 15 is 0 Å². The Morgan fingerprint density at radius 1 is 1.10 bits per heavy atom. The molecule has 4 aromatic rings. The molecule has 1 atom stereocenters. The molecule has 5 rings (SSSR count). The first-order valence-electron chi connectivity index (χ1n) is 13.3. The zero-order valence-electron chi connectivity index (χ0n) is 23.1. The van der Waals surface area contributed by atoms with Crippen molar-refractivity contribution in [3.63, 3.8) is 0 Å². The molecule has 0 aliphatic carbocycles. The highest BCUT2D eigenvalue weighted by Gasteiger charge is 2.28. The number of pyridine rings is 1. The van der Waals surface area contributed by atoms with Crippen LogP contribution in [-0.4, -0.2) is 50.7 Å². The fourth-order valence-corrected chi connectivity index (χ4v) is 4.90. The Hall–Kier alpha value is -4.11. The highest BCUT2D eigenvalue weighted by atomic mass is 35.5. The molecule has 0 spiro atoms. The van der Waals surface area contributed by atoms with Gasteiger partial charge in [0.15, 0.2) is 0 Å². The molecule has 2 aromatic heterocycles. The number of amides is 1. The first kappa shape index (κ1) is 27.5. The third kappa shape index (κ3) is 6.04. The lowest BCUT2D eigenvalue weighted by Gasteiger charge is -2.34. The van der Waals surface area contributed by atoms with Gasteiger partial charge >= 0.3 is 6.09 Å². The maximum atomic E-state index is 12.6. The van der Waals surface area contributed by atoms with Crippen LogP contribution < -0.4 is 15.8 Å². The summed E-state index contributed by atoms with van der Waals surface area (Å²) in [4.78, 5) is 28.0. The molecule has 0 saturated carbocycles. The minimum absolute atomic E-state index is 0.00301. The molecule has 9 nitrogen and oxygen atoms in total. The molecular formula is C30H33ClN6O3. The van der Waals surface area contributed by atoms with Crippen molar-refractivity contribution in [2.75, 3.05) is 24.1 Å². The molecule has 1 fully saturated rings. The van der Waals surface area contributed by atoms with Gasteiger partial charge in [-0.2, -0.15) is 0 Å². The van der Waals surface area contributed by atoms with Gasteiger partial charge in [-0.1, -0.05) is 23.7 Å². The second-order valence-electron chi connectivity index (χ2n) is 10.9. The van der Waals surface area contributed by atoms with Gasteiger partial charge in [0.2, 0.25) is 11.8 Å². The van der Waals surface area contributed by atoms with E-state index in [4.69, 9.17) is 31.8 Å². The zero-order chi connectivity index (χ0) is 28.4. The third-order valence-corrected chi connectivity index (χ3v) is 6.97. The first-order valence-corrected chi connectivity index (χ1v) is 13.6. The van der Waals surface area contributed by atoms with Crippen molar-refractivity contribution in [1.29, 1.82) is 0 Å². The lowest BCUT2D eigenvalue weighted by molar-refractivity contribution is 0.0206. The average Bonchev–Trinajstić information content (AvgIpc) is 2.92. The van der Waals surface area contributed by atoms with E-state index in [0.29, 0.717) is 52.6 Å². The Bertz CT molecular complexity index is 1550. The maximum absolute atomic E-state index is 12.6. The van der Waals surface area contributed by atoms with E-state index in [2.05, 4.69) is 15.3 Å². The van der Waals surface area contributed by atoms with Crippen LogP contribution in [0, 0.1) is 6.92 Å². The summed E-state index contributed by atoms with van der Waals surface area (Å²) in [5.74, 6) is 1.52. The molecule has 3 heterocycles. The third-order valence-electron chi connectivity index (χ3n) is 6.64. The molecule has 1 aliphatic rings. The van der Waals surface area contributed by atoms with Gasteiger partial charge < -0.3 is 25.4 Å². The topological polar surface area (TPSA) is 115 Å². The minimum Gasteiger partial charge on any atom is -0.444 e. The number of hydrogen-bond acceptors (Lipinski definition) is 8. The summed E-state index contributed by atoms with van der Waals surface area (Å²) in [6.07, 6.45) is 4.82. The number of nitrogens with zero attached hydrogens (tertiary/aromatic N) is 4. The molecule has 208 valence electrons. The lowest BCUT2D eigenvalue weighted by Crippen LogP contribution is -2.47. The van der Waals surface area contributed by atoms with Crippen LogP contribution >= 0.6 is 11.6 Å². The van der Waals surface area contributed by atoms with Crippen molar-refractivity contribution in [1.82, 2.24) is 19.9 Å². The summed E-state index contributed by atoms with van der Waals surface area (Å²) < 4.78 is 12.0. The molecule has 3 N–H and O–H groups in total. The smallest absolute Gasteiger partial charge is 0.410 e.